The zero-order chi connectivity index (χ0) is 37.4. The summed E-state index contributed by atoms with van der Waals surface area (Å²) in [5.41, 5.74) is 13.6. The Morgan fingerprint density at radius 3 is 1.71 bits per heavy atom. The van der Waals surface area contributed by atoms with Gasteiger partial charge in [-0.3, -0.25) is 0 Å². The van der Waals surface area contributed by atoms with Crippen molar-refractivity contribution >= 4 is 60.2 Å². The molecule has 264 valence electrons. The van der Waals surface area contributed by atoms with E-state index in [4.69, 9.17) is 0 Å². The van der Waals surface area contributed by atoms with Gasteiger partial charge in [0.15, 0.2) is 0 Å². The molecule has 1 nitrogen and oxygen atoms in total. The quantitative estimate of drug-likeness (QED) is 0.161. The van der Waals surface area contributed by atoms with Crippen molar-refractivity contribution in [2.75, 3.05) is 4.90 Å². The second kappa shape index (κ2) is 12.5. The molecule has 0 spiro atoms. The molecule has 0 heterocycles. The van der Waals surface area contributed by atoms with Crippen LogP contribution in [0.1, 0.15) is 25.0 Å². The van der Waals surface area contributed by atoms with Gasteiger partial charge in [0.2, 0.25) is 0 Å². The summed E-state index contributed by atoms with van der Waals surface area (Å²) in [6.07, 6.45) is 0. The maximum absolute atomic E-state index is 2.42. The topological polar surface area (TPSA) is 3.24 Å². The van der Waals surface area contributed by atoms with Gasteiger partial charge < -0.3 is 4.90 Å². The van der Waals surface area contributed by atoms with Crippen LogP contribution in [0.25, 0.3) is 76.5 Å². The van der Waals surface area contributed by atoms with Gasteiger partial charge in [-0.1, -0.05) is 166 Å². The molecule has 0 bridgehead atoms. The average molecular weight is 714 g/mol. The fourth-order valence-electron chi connectivity index (χ4n) is 9.30. The van der Waals surface area contributed by atoms with Gasteiger partial charge in [0, 0.05) is 22.5 Å². The van der Waals surface area contributed by atoms with Crippen LogP contribution in [0.3, 0.4) is 0 Å². The third-order valence-corrected chi connectivity index (χ3v) is 12.2. The zero-order valence-corrected chi connectivity index (χ0v) is 31.5. The van der Waals surface area contributed by atoms with E-state index in [1.54, 1.807) is 0 Å². The monoisotopic (exact) mass is 713 g/mol. The summed E-state index contributed by atoms with van der Waals surface area (Å²) in [4.78, 5) is 2.42. The fourth-order valence-corrected chi connectivity index (χ4v) is 9.30. The number of nitrogens with zero attached hydrogens (tertiary/aromatic N) is 1. The lowest BCUT2D eigenvalue weighted by molar-refractivity contribution is 0.660. The van der Waals surface area contributed by atoms with Gasteiger partial charge in [0.1, 0.15) is 0 Å². The van der Waals surface area contributed by atoms with Crippen molar-refractivity contribution in [1.82, 2.24) is 0 Å². The smallest absolute Gasteiger partial charge is 0.0468 e. The molecule has 0 amide bonds. The second-order valence-electron chi connectivity index (χ2n) is 15.8. The fraction of sp³-hybridized carbons (Fsp3) is 0.0545. The zero-order valence-electron chi connectivity index (χ0n) is 31.5. The Kier molecular flexibility index (Phi) is 7.28. The van der Waals surface area contributed by atoms with Crippen molar-refractivity contribution in [3.05, 3.63) is 211 Å². The molecule has 0 unspecified atom stereocenters. The molecule has 0 saturated heterocycles. The number of fused-ring (bicyclic) bond motifs is 9. The molecule has 11 rings (SSSR count). The van der Waals surface area contributed by atoms with Crippen LogP contribution in [0.5, 0.6) is 0 Å². The Morgan fingerprint density at radius 2 is 0.857 bits per heavy atom. The summed E-state index contributed by atoms with van der Waals surface area (Å²) >= 11 is 0. The molecule has 10 aromatic carbocycles. The van der Waals surface area contributed by atoms with Gasteiger partial charge in [-0.05, 0) is 136 Å². The van der Waals surface area contributed by atoms with E-state index < -0.39 is 0 Å². The summed E-state index contributed by atoms with van der Waals surface area (Å²) in [6.45, 7) is 4.69. The van der Waals surface area contributed by atoms with Gasteiger partial charge in [0.05, 0.1) is 0 Å². The van der Waals surface area contributed by atoms with Crippen molar-refractivity contribution in [2.24, 2.45) is 0 Å². The van der Waals surface area contributed by atoms with Gasteiger partial charge in [-0.25, -0.2) is 0 Å². The first-order valence-corrected chi connectivity index (χ1v) is 19.6. The number of anilines is 3. The molecule has 0 saturated carbocycles. The van der Waals surface area contributed by atoms with Gasteiger partial charge in [0.25, 0.3) is 0 Å². The molecule has 0 aliphatic heterocycles. The Morgan fingerprint density at radius 1 is 0.304 bits per heavy atom. The van der Waals surface area contributed by atoms with Crippen molar-refractivity contribution in [2.45, 2.75) is 19.3 Å². The van der Waals surface area contributed by atoms with E-state index in [-0.39, 0.29) is 5.41 Å². The van der Waals surface area contributed by atoms with Crippen LogP contribution < -0.4 is 4.90 Å². The Balaban J connectivity index is 1.02. The highest BCUT2D eigenvalue weighted by atomic mass is 15.1. The predicted octanol–water partition coefficient (Wildman–Crippen LogP) is 15.4. The van der Waals surface area contributed by atoms with Crippen LogP contribution in [0.15, 0.2) is 200 Å². The van der Waals surface area contributed by atoms with Gasteiger partial charge in [-0.2, -0.15) is 0 Å². The number of hydrogen-bond acceptors (Lipinski definition) is 1. The summed E-state index contributed by atoms with van der Waals surface area (Å²) in [6, 6.07) is 74.0. The van der Waals surface area contributed by atoms with Crippen LogP contribution in [0, 0.1) is 0 Å². The molecule has 1 aliphatic rings. The lowest BCUT2D eigenvalue weighted by Crippen LogP contribution is -2.15. The molecule has 10 aromatic rings. The van der Waals surface area contributed by atoms with Crippen LogP contribution in [-0.4, -0.2) is 0 Å². The molecule has 0 fully saturated rings. The third kappa shape index (κ3) is 5.16. The van der Waals surface area contributed by atoms with E-state index in [2.05, 4.69) is 219 Å². The third-order valence-electron chi connectivity index (χ3n) is 12.2. The SMILES string of the molecule is CC1(C)c2ccccc2-c2cc(N(c3ccc(-c4ccc5c(ccc6c7ccccc7ccc56)c4)cc3)c3cccc(-c4ccc5ccccc5c4)c3)ccc21. The largest absolute Gasteiger partial charge is 0.310 e. The first-order valence-electron chi connectivity index (χ1n) is 19.6. The molecular weight excluding hydrogens is 675 g/mol. The Labute approximate surface area is 327 Å². The molecule has 0 N–H and O–H groups in total. The average Bonchev–Trinajstić information content (AvgIpc) is 3.48. The summed E-state index contributed by atoms with van der Waals surface area (Å²) < 4.78 is 0. The van der Waals surface area contributed by atoms with Crippen LogP contribution in [-0.2, 0) is 5.41 Å². The second-order valence-corrected chi connectivity index (χ2v) is 15.8. The number of hydrogen-bond donors (Lipinski definition) is 0. The maximum Gasteiger partial charge on any atom is 0.0468 e. The van der Waals surface area contributed by atoms with Crippen LogP contribution in [0.2, 0.25) is 0 Å². The molecule has 1 aliphatic carbocycles. The van der Waals surface area contributed by atoms with Gasteiger partial charge >= 0.3 is 0 Å². The molecular formula is C55H39N. The highest BCUT2D eigenvalue weighted by Crippen LogP contribution is 2.51. The van der Waals surface area contributed by atoms with Gasteiger partial charge in [-0.15, -0.1) is 0 Å². The minimum absolute atomic E-state index is 0.0487. The van der Waals surface area contributed by atoms with Crippen molar-refractivity contribution in [3.63, 3.8) is 0 Å². The van der Waals surface area contributed by atoms with Crippen LogP contribution >= 0.6 is 0 Å². The van der Waals surface area contributed by atoms with E-state index in [0.29, 0.717) is 0 Å². The van der Waals surface area contributed by atoms with E-state index in [1.807, 2.05) is 0 Å². The number of rotatable bonds is 5. The first kappa shape index (κ1) is 32.5. The predicted molar refractivity (Wildman–Crippen MR) is 240 cm³/mol. The Hall–Kier alpha value is -6.96. The lowest BCUT2D eigenvalue weighted by atomic mass is 9.82. The minimum Gasteiger partial charge on any atom is -0.310 e. The Bertz CT molecular complexity index is 3170. The first-order chi connectivity index (χ1) is 27.5. The van der Waals surface area contributed by atoms with Crippen molar-refractivity contribution < 1.29 is 0 Å². The highest BCUT2D eigenvalue weighted by Gasteiger charge is 2.35. The van der Waals surface area contributed by atoms with E-state index >= 15 is 0 Å². The normalized spacial score (nSPS) is 13.0. The van der Waals surface area contributed by atoms with Crippen molar-refractivity contribution in [3.8, 4) is 33.4 Å². The maximum atomic E-state index is 2.42. The molecule has 56 heavy (non-hydrogen) atoms. The standard InChI is InChI=1S/C55H39N/c1-55(2)53-17-8-7-16-51(53)52-35-46(27-31-54(52)55)56(45-14-9-13-40(34-45)42-19-18-36-10-3-4-12-39(36)32-42)44-25-20-37(21-26-44)41-23-28-48-43(33-41)24-30-49-47-15-6-5-11-38(47)22-29-50(48)49/h3-35H,1-2H3. The van der Waals surface area contributed by atoms with E-state index in [1.165, 1.54) is 87.6 Å². The summed E-state index contributed by atoms with van der Waals surface area (Å²) in [5.74, 6) is 0. The molecule has 1 heteroatoms. The molecule has 0 atom stereocenters. The lowest BCUT2D eigenvalue weighted by Gasteiger charge is -2.28. The molecule has 0 radical (unpaired) electrons. The number of benzene rings is 10. The summed E-state index contributed by atoms with van der Waals surface area (Å²) in [7, 11) is 0. The molecule has 0 aromatic heterocycles. The van der Waals surface area contributed by atoms with E-state index in [9.17, 15) is 0 Å². The minimum atomic E-state index is -0.0487. The van der Waals surface area contributed by atoms with E-state index in [0.717, 1.165) is 17.1 Å². The van der Waals surface area contributed by atoms with Crippen molar-refractivity contribution in [1.29, 1.82) is 0 Å². The van der Waals surface area contributed by atoms with Crippen LogP contribution in [0.4, 0.5) is 17.1 Å². The summed E-state index contributed by atoms with van der Waals surface area (Å²) in [5, 5.41) is 10.2. The highest BCUT2D eigenvalue weighted by molar-refractivity contribution is 6.17.